The van der Waals surface area contributed by atoms with Gasteiger partial charge in [-0.05, 0) is 31.3 Å². The summed E-state index contributed by atoms with van der Waals surface area (Å²) in [6.07, 6.45) is 0.193. The molecule has 0 heterocycles. The Morgan fingerprint density at radius 3 is 1.90 bits per heavy atom. The van der Waals surface area contributed by atoms with Crippen LogP contribution in [0.1, 0.15) is 33.6 Å². The molecule has 13 heteroatoms. The van der Waals surface area contributed by atoms with E-state index in [0.29, 0.717) is 5.75 Å². The number of carbonyl (C=O) groups excluding carboxylic acids is 4. The van der Waals surface area contributed by atoms with Crippen LogP contribution in [0.15, 0.2) is 0 Å². The van der Waals surface area contributed by atoms with Crippen LogP contribution in [-0.4, -0.2) is 82.1 Å². The largest absolute Gasteiger partial charge is 0.480 e. The summed E-state index contributed by atoms with van der Waals surface area (Å²) >= 11 is 1.39. The minimum absolute atomic E-state index is 0.140. The Hall–Kier alpha value is -2.38. The number of carboxylic acids is 1. The first kappa shape index (κ1) is 28.6. The number of hydrogen-bond donors (Lipinski definition) is 7. The second-order valence-corrected chi connectivity index (χ2v) is 8.39. The molecule has 12 nitrogen and oxygen atoms in total. The highest BCUT2D eigenvalue weighted by molar-refractivity contribution is 7.98. The molecule has 4 amide bonds. The molecule has 9 N–H and O–H groups in total. The number of thioether (sulfide) groups is 1. The summed E-state index contributed by atoms with van der Waals surface area (Å²) in [5.41, 5.74) is 10.7. The van der Waals surface area contributed by atoms with Gasteiger partial charge in [0, 0.05) is 0 Å². The number of aliphatic hydroxyl groups excluding tert-OH is 1. The molecule has 0 aliphatic rings. The lowest BCUT2D eigenvalue weighted by Crippen LogP contribution is -2.59. The van der Waals surface area contributed by atoms with E-state index in [0.717, 1.165) is 0 Å². The van der Waals surface area contributed by atoms with Gasteiger partial charge in [0.15, 0.2) is 0 Å². The molecule has 31 heavy (non-hydrogen) atoms. The van der Waals surface area contributed by atoms with Crippen molar-refractivity contribution in [3.8, 4) is 0 Å². The van der Waals surface area contributed by atoms with Crippen molar-refractivity contribution in [2.45, 2.75) is 63.9 Å². The quantitative estimate of drug-likeness (QED) is 0.145. The van der Waals surface area contributed by atoms with Crippen LogP contribution in [0.2, 0.25) is 0 Å². The molecule has 0 bridgehead atoms. The Kier molecular flexibility index (Phi) is 12.8. The first-order chi connectivity index (χ1) is 14.3. The highest BCUT2D eigenvalue weighted by atomic mass is 32.2. The number of carbonyl (C=O) groups is 5. The predicted molar refractivity (Wildman–Crippen MR) is 115 cm³/mol. The number of carboxylic acid groups (broad SMARTS) is 1. The maximum atomic E-state index is 12.7. The van der Waals surface area contributed by atoms with E-state index < -0.39 is 72.2 Å². The molecular formula is C18H33N5O7S. The topological polar surface area (TPSA) is 214 Å². The molecule has 5 unspecified atom stereocenters. The van der Waals surface area contributed by atoms with Gasteiger partial charge in [-0.15, -0.1) is 0 Å². The highest BCUT2D eigenvalue weighted by Crippen LogP contribution is 2.06. The fourth-order valence-corrected chi connectivity index (χ4v) is 2.91. The Bertz CT molecular complexity index is 659. The van der Waals surface area contributed by atoms with Gasteiger partial charge in [-0.25, -0.2) is 4.79 Å². The molecule has 0 aliphatic carbocycles. The molecule has 0 radical (unpaired) electrons. The molecule has 5 atom stereocenters. The van der Waals surface area contributed by atoms with Gasteiger partial charge in [0.25, 0.3) is 0 Å². The second kappa shape index (κ2) is 13.8. The molecule has 0 aromatic heterocycles. The molecule has 0 spiro atoms. The van der Waals surface area contributed by atoms with Crippen molar-refractivity contribution < 1.29 is 34.2 Å². The van der Waals surface area contributed by atoms with Crippen molar-refractivity contribution in [1.82, 2.24) is 16.0 Å². The van der Waals surface area contributed by atoms with Crippen molar-refractivity contribution in [1.29, 1.82) is 0 Å². The summed E-state index contributed by atoms with van der Waals surface area (Å²) in [5, 5.41) is 25.7. The van der Waals surface area contributed by atoms with Gasteiger partial charge >= 0.3 is 5.97 Å². The zero-order chi connectivity index (χ0) is 24.3. The zero-order valence-electron chi connectivity index (χ0n) is 18.1. The zero-order valence-corrected chi connectivity index (χ0v) is 18.9. The average molecular weight is 464 g/mol. The number of nitrogens with two attached hydrogens (primary N) is 2. The van der Waals surface area contributed by atoms with Crippen LogP contribution in [0.25, 0.3) is 0 Å². The number of nitrogens with one attached hydrogen (secondary N) is 3. The lowest BCUT2D eigenvalue weighted by atomic mass is 10.0. The molecule has 0 aromatic carbocycles. The van der Waals surface area contributed by atoms with Crippen LogP contribution in [0.4, 0.5) is 0 Å². The van der Waals surface area contributed by atoms with Crippen LogP contribution in [0, 0.1) is 5.92 Å². The third-order valence-electron chi connectivity index (χ3n) is 4.33. The Morgan fingerprint density at radius 1 is 0.935 bits per heavy atom. The summed E-state index contributed by atoms with van der Waals surface area (Å²) in [6.45, 7) is 4.58. The monoisotopic (exact) mass is 463 g/mol. The highest BCUT2D eigenvalue weighted by Gasteiger charge is 2.32. The van der Waals surface area contributed by atoms with Crippen LogP contribution in [-0.2, 0) is 24.0 Å². The van der Waals surface area contributed by atoms with Crippen LogP contribution in [0.3, 0.4) is 0 Å². The van der Waals surface area contributed by atoms with Crippen LogP contribution < -0.4 is 27.4 Å². The van der Waals surface area contributed by atoms with E-state index in [9.17, 15) is 34.2 Å². The van der Waals surface area contributed by atoms with E-state index >= 15 is 0 Å². The van der Waals surface area contributed by atoms with Gasteiger partial charge in [-0.1, -0.05) is 13.8 Å². The van der Waals surface area contributed by atoms with E-state index in [1.807, 2.05) is 0 Å². The van der Waals surface area contributed by atoms with Crippen LogP contribution >= 0.6 is 11.8 Å². The molecule has 0 saturated heterocycles. The average Bonchev–Trinajstić information content (AvgIpc) is 2.66. The smallest absolute Gasteiger partial charge is 0.326 e. The molecule has 0 aliphatic heterocycles. The number of aliphatic hydroxyl groups is 1. The fourth-order valence-electron chi connectivity index (χ4n) is 2.44. The van der Waals surface area contributed by atoms with E-state index in [-0.39, 0.29) is 6.42 Å². The van der Waals surface area contributed by atoms with Crippen LogP contribution in [0.5, 0.6) is 0 Å². The van der Waals surface area contributed by atoms with E-state index in [2.05, 4.69) is 16.0 Å². The molecule has 0 fully saturated rings. The predicted octanol–water partition coefficient (Wildman–Crippen LogP) is -2.48. The standard InChI is InChI=1S/C18H33N5O7S/c1-8(2)14(23-16(27)13(20)9(3)24)17(28)22-11(7-12(19)25)15(26)21-10(18(29)30)5-6-31-4/h8-11,13-14,24H,5-7,20H2,1-4H3,(H2,19,25)(H,21,26)(H,22,28)(H,23,27)(H,29,30). The van der Waals surface area contributed by atoms with Gasteiger partial charge in [0.05, 0.1) is 12.5 Å². The Labute approximate surface area is 185 Å². The third-order valence-corrected chi connectivity index (χ3v) is 4.98. The Balaban J connectivity index is 5.42. The number of primary amides is 1. The first-order valence-electron chi connectivity index (χ1n) is 9.66. The third kappa shape index (κ3) is 10.5. The molecule has 0 aromatic rings. The number of rotatable bonds is 14. The van der Waals surface area contributed by atoms with Crippen molar-refractivity contribution in [3.63, 3.8) is 0 Å². The normalized spacial score (nSPS) is 15.8. The first-order valence-corrected chi connectivity index (χ1v) is 11.1. The van der Waals surface area contributed by atoms with Crippen molar-refractivity contribution in [3.05, 3.63) is 0 Å². The fraction of sp³-hybridized carbons (Fsp3) is 0.722. The van der Waals surface area contributed by atoms with Gasteiger partial charge < -0.3 is 37.6 Å². The summed E-state index contributed by atoms with van der Waals surface area (Å²) in [6, 6.07) is -5.06. The molecular weight excluding hydrogens is 430 g/mol. The van der Waals surface area contributed by atoms with Gasteiger partial charge in [0.2, 0.25) is 23.6 Å². The lowest BCUT2D eigenvalue weighted by molar-refractivity contribution is -0.142. The number of hydrogen-bond acceptors (Lipinski definition) is 8. The van der Waals surface area contributed by atoms with E-state index in [1.165, 1.54) is 18.7 Å². The molecule has 0 saturated carbocycles. The van der Waals surface area contributed by atoms with E-state index in [4.69, 9.17) is 11.5 Å². The SMILES string of the molecule is CSCCC(NC(=O)C(CC(N)=O)NC(=O)C(NC(=O)C(N)C(C)O)C(C)C)C(=O)O. The minimum atomic E-state index is -1.44. The van der Waals surface area contributed by atoms with Gasteiger partial charge in [-0.2, -0.15) is 11.8 Å². The van der Waals surface area contributed by atoms with Crippen molar-refractivity contribution in [2.75, 3.05) is 12.0 Å². The van der Waals surface area contributed by atoms with E-state index in [1.54, 1.807) is 20.1 Å². The van der Waals surface area contributed by atoms with Gasteiger partial charge in [-0.3, -0.25) is 19.2 Å². The maximum absolute atomic E-state index is 12.7. The summed E-state index contributed by atoms with van der Waals surface area (Å²) in [5.74, 6) is -4.58. The number of amides is 4. The summed E-state index contributed by atoms with van der Waals surface area (Å²) in [4.78, 5) is 60.2. The minimum Gasteiger partial charge on any atom is -0.480 e. The molecule has 178 valence electrons. The van der Waals surface area contributed by atoms with Gasteiger partial charge in [0.1, 0.15) is 24.2 Å². The summed E-state index contributed by atoms with van der Waals surface area (Å²) in [7, 11) is 0. The van der Waals surface area contributed by atoms with Crippen molar-refractivity contribution >= 4 is 41.4 Å². The second-order valence-electron chi connectivity index (χ2n) is 7.41. The summed E-state index contributed by atoms with van der Waals surface area (Å²) < 4.78 is 0. The molecule has 0 rings (SSSR count). The number of aliphatic carboxylic acids is 1. The Morgan fingerprint density at radius 2 is 1.48 bits per heavy atom. The maximum Gasteiger partial charge on any atom is 0.326 e. The lowest BCUT2D eigenvalue weighted by Gasteiger charge is -2.27. The van der Waals surface area contributed by atoms with Crippen molar-refractivity contribution in [2.24, 2.45) is 17.4 Å².